The van der Waals surface area contributed by atoms with Crippen LogP contribution in [0.3, 0.4) is 0 Å². The number of likely N-dealkylation sites (tertiary alicyclic amines) is 1. The molecule has 2 atom stereocenters. The Hall–Kier alpha value is -1.39. The fourth-order valence-electron chi connectivity index (χ4n) is 3.26. The number of hydrogen-bond acceptors (Lipinski definition) is 3. The van der Waals surface area contributed by atoms with Crippen molar-refractivity contribution in [1.29, 1.82) is 0 Å². The molecule has 2 N–H and O–H groups in total. The van der Waals surface area contributed by atoms with Gasteiger partial charge >= 0.3 is 0 Å². The van der Waals surface area contributed by atoms with Crippen molar-refractivity contribution in [2.45, 2.75) is 44.4 Å². The first-order valence-electron chi connectivity index (χ1n) is 7.36. The second kappa shape index (κ2) is 5.19. The fourth-order valence-corrected chi connectivity index (χ4v) is 3.26. The van der Waals surface area contributed by atoms with Gasteiger partial charge in [-0.3, -0.25) is 4.79 Å². The second-order valence-electron chi connectivity index (χ2n) is 6.27. The summed E-state index contributed by atoms with van der Waals surface area (Å²) in [6.07, 6.45) is 2.40. The predicted molar refractivity (Wildman–Crippen MR) is 77.2 cm³/mol. The maximum absolute atomic E-state index is 12.6. The summed E-state index contributed by atoms with van der Waals surface area (Å²) in [6.45, 7) is 3.77. The van der Waals surface area contributed by atoms with Crippen molar-refractivity contribution in [2.75, 3.05) is 13.1 Å². The van der Waals surface area contributed by atoms with Crippen LogP contribution in [-0.4, -0.2) is 40.6 Å². The quantitative estimate of drug-likeness (QED) is 0.805. The number of hydrogen-bond donors (Lipinski definition) is 2. The number of β-amino-alcohol motifs (C(OH)–C–C–N with tert-alkyl or cyclic N) is 1. The normalized spacial score (nSPS) is 29.9. The number of carbonyl (C=O) groups excluding carboxylic acids is 1. The zero-order chi connectivity index (χ0) is 14.2. The number of nitrogens with one attached hydrogen (secondary N) is 1. The van der Waals surface area contributed by atoms with E-state index in [0.717, 1.165) is 32.4 Å². The first-order chi connectivity index (χ1) is 9.55. The van der Waals surface area contributed by atoms with Gasteiger partial charge in [0.05, 0.1) is 11.6 Å². The molecule has 2 aliphatic heterocycles. The van der Waals surface area contributed by atoms with Gasteiger partial charge in [0.1, 0.15) is 0 Å². The molecule has 1 aromatic rings. The third-order valence-electron chi connectivity index (χ3n) is 4.37. The van der Waals surface area contributed by atoms with Crippen molar-refractivity contribution < 1.29 is 9.90 Å². The van der Waals surface area contributed by atoms with Crippen molar-refractivity contribution in [2.24, 2.45) is 0 Å². The van der Waals surface area contributed by atoms with E-state index in [1.807, 2.05) is 24.0 Å². The monoisotopic (exact) mass is 274 g/mol. The van der Waals surface area contributed by atoms with Gasteiger partial charge in [0.25, 0.3) is 0 Å². The van der Waals surface area contributed by atoms with E-state index in [-0.39, 0.29) is 11.9 Å². The molecule has 1 aromatic carbocycles. The Morgan fingerprint density at radius 2 is 2.15 bits per heavy atom. The molecule has 20 heavy (non-hydrogen) atoms. The van der Waals surface area contributed by atoms with Gasteiger partial charge in [-0.05, 0) is 37.3 Å². The molecule has 2 heterocycles. The highest BCUT2D eigenvalue weighted by Gasteiger charge is 2.34. The Labute approximate surface area is 119 Å². The maximum atomic E-state index is 12.6. The number of carbonyl (C=O) groups is 1. The lowest BCUT2D eigenvalue weighted by Crippen LogP contribution is -2.55. The van der Waals surface area contributed by atoms with E-state index in [1.54, 1.807) is 0 Å². The molecule has 0 radical (unpaired) electrons. The molecule has 1 saturated heterocycles. The van der Waals surface area contributed by atoms with Crippen LogP contribution in [0.1, 0.15) is 30.9 Å². The molecular weight excluding hydrogens is 252 g/mol. The molecule has 108 valence electrons. The molecule has 4 nitrogen and oxygen atoms in total. The minimum atomic E-state index is -0.736. The van der Waals surface area contributed by atoms with Crippen LogP contribution in [0.25, 0.3) is 0 Å². The van der Waals surface area contributed by atoms with E-state index in [2.05, 4.69) is 17.4 Å². The van der Waals surface area contributed by atoms with E-state index in [0.29, 0.717) is 6.54 Å². The van der Waals surface area contributed by atoms with Crippen LogP contribution in [0.15, 0.2) is 24.3 Å². The second-order valence-corrected chi connectivity index (χ2v) is 6.27. The highest BCUT2D eigenvalue weighted by atomic mass is 16.3. The van der Waals surface area contributed by atoms with Gasteiger partial charge in [-0.15, -0.1) is 0 Å². The summed E-state index contributed by atoms with van der Waals surface area (Å²) < 4.78 is 0. The van der Waals surface area contributed by atoms with Gasteiger partial charge in [0.15, 0.2) is 0 Å². The molecule has 0 spiro atoms. The predicted octanol–water partition coefficient (Wildman–Crippen LogP) is 1.07. The highest BCUT2D eigenvalue weighted by molar-refractivity contribution is 5.82. The Balaban J connectivity index is 1.70. The number of rotatable bonds is 1. The van der Waals surface area contributed by atoms with Gasteiger partial charge in [-0.1, -0.05) is 24.3 Å². The maximum Gasteiger partial charge on any atom is 0.240 e. The summed E-state index contributed by atoms with van der Waals surface area (Å²) in [5.41, 5.74) is 1.80. The molecular formula is C16H22N2O2. The average molecular weight is 274 g/mol. The Kier molecular flexibility index (Phi) is 3.52. The third kappa shape index (κ3) is 2.72. The fraction of sp³-hybridized carbons (Fsp3) is 0.562. The summed E-state index contributed by atoms with van der Waals surface area (Å²) in [5, 5.41) is 13.5. The highest BCUT2D eigenvalue weighted by Crippen LogP contribution is 2.23. The van der Waals surface area contributed by atoms with Crippen LogP contribution in [-0.2, 0) is 17.8 Å². The van der Waals surface area contributed by atoms with E-state index in [4.69, 9.17) is 0 Å². The molecule has 0 bridgehead atoms. The lowest BCUT2D eigenvalue weighted by atomic mass is 9.92. The van der Waals surface area contributed by atoms with Crippen molar-refractivity contribution in [3.63, 3.8) is 0 Å². The van der Waals surface area contributed by atoms with E-state index >= 15 is 0 Å². The van der Waals surface area contributed by atoms with Gasteiger partial charge in [0.2, 0.25) is 5.91 Å². The molecule has 1 fully saturated rings. The molecule has 3 rings (SSSR count). The minimum absolute atomic E-state index is 0.125. The molecule has 4 heteroatoms. The standard InChI is InChI=1S/C16H22N2O2/c1-16(20)7-4-8-18(11-16)15(19)14-9-12-5-2-3-6-13(12)10-17-14/h2-3,5-6,14,17,20H,4,7-11H2,1H3/t14-,16?/m0/s1. The van der Waals surface area contributed by atoms with E-state index < -0.39 is 5.60 Å². The Bertz CT molecular complexity index is 513. The summed E-state index contributed by atoms with van der Waals surface area (Å²) in [4.78, 5) is 14.4. The third-order valence-corrected chi connectivity index (χ3v) is 4.37. The molecule has 0 aliphatic carbocycles. The van der Waals surface area contributed by atoms with Gasteiger partial charge in [0, 0.05) is 19.6 Å². The van der Waals surface area contributed by atoms with Crippen LogP contribution in [0.5, 0.6) is 0 Å². The van der Waals surface area contributed by atoms with Crippen molar-refractivity contribution in [1.82, 2.24) is 10.2 Å². The van der Waals surface area contributed by atoms with Crippen molar-refractivity contribution >= 4 is 5.91 Å². The van der Waals surface area contributed by atoms with E-state index in [9.17, 15) is 9.90 Å². The van der Waals surface area contributed by atoms with Gasteiger partial charge in [-0.2, -0.15) is 0 Å². The first kappa shape index (κ1) is 13.6. The topological polar surface area (TPSA) is 52.6 Å². The first-order valence-corrected chi connectivity index (χ1v) is 7.36. The van der Waals surface area contributed by atoms with Gasteiger partial charge in [-0.25, -0.2) is 0 Å². The number of piperidine rings is 1. The SMILES string of the molecule is CC1(O)CCCN(C(=O)[C@@H]2Cc3ccccc3CN2)C1. The van der Waals surface area contributed by atoms with Crippen LogP contribution in [0.2, 0.25) is 0 Å². The number of fused-ring (bicyclic) bond motifs is 1. The zero-order valence-corrected chi connectivity index (χ0v) is 11.9. The lowest BCUT2D eigenvalue weighted by molar-refractivity contribution is -0.139. The average Bonchev–Trinajstić information content (AvgIpc) is 2.45. The number of aliphatic hydroxyl groups is 1. The summed E-state index contributed by atoms with van der Waals surface area (Å²) in [5.74, 6) is 0.125. The van der Waals surface area contributed by atoms with Crippen LogP contribution < -0.4 is 5.32 Å². The minimum Gasteiger partial charge on any atom is -0.388 e. The molecule has 0 aromatic heterocycles. The molecule has 2 aliphatic rings. The summed E-state index contributed by atoms with van der Waals surface area (Å²) >= 11 is 0. The largest absolute Gasteiger partial charge is 0.388 e. The molecule has 1 unspecified atom stereocenters. The number of nitrogens with zero attached hydrogens (tertiary/aromatic N) is 1. The van der Waals surface area contributed by atoms with Crippen molar-refractivity contribution in [3.8, 4) is 0 Å². The summed E-state index contributed by atoms with van der Waals surface area (Å²) in [6, 6.07) is 8.11. The zero-order valence-electron chi connectivity index (χ0n) is 11.9. The summed E-state index contributed by atoms with van der Waals surface area (Å²) in [7, 11) is 0. The molecule has 0 saturated carbocycles. The lowest BCUT2D eigenvalue weighted by Gasteiger charge is -2.39. The Morgan fingerprint density at radius 1 is 1.40 bits per heavy atom. The van der Waals surface area contributed by atoms with Crippen LogP contribution in [0, 0.1) is 0 Å². The van der Waals surface area contributed by atoms with Crippen molar-refractivity contribution in [3.05, 3.63) is 35.4 Å². The smallest absolute Gasteiger partial charge is 0.240 e. The van der Waals surface area contributed by atoms with Crippen LogP contribution >= 0.6 is 0 Å². The van der Waals surface area contributed by atoms with Crippen LogP contribution in [0.4, 0.5) is 0 Å². The number of amides is 1. The Morgan fingerprint density at radius 3 is 2.90 bits per heavy atom. The number of benzene rings is 1. The molecule has 1 amide bonds. The van der Waals surface area contributed by atoms with Gasteiger partial charge < -0.3 is 15.3 Å². The van der Waals surface area contributed by atoms with E-state index in [1.165, 1.54) is 11.1 Å².